The maximum Gasteiger partial charge on any atom is 0.0574 e. The zero-order valence-corrected chi connectivity index (χ0v) is 7.39. The first-order chi connectivity index (χ1) is 4.59. The van der Waals surface area contributed by atoms with E-state index in [0.717, 1.165) is 6.42 Å². The van der Waals surface area contributed by atoms with E-state index in [0.29, 0.717) is 5.92 Å². The SMILES string of the molecule is CC/C=C(\C)C(C)C(C)O. The number of rotatable bonds is 3. The second-order valence-electron chi connectivity index (χ2n) is 2.89. The minimum absolute atomic E-state index is 0.220. The molecule has 0 fully saturated rings. The third-order valence-electron chi connectivity index (χ3n) is 1.97. The molecular weight excluding hydrogens is 124 g/mol. The van der Waals surface area contributed by atoms with Crippen LogP contribution >= 0.6 is 0 Å². The van der Waals surface area contributed by atoms with Crippen LogP contribution in [-0.2, 0) is 0 Å². The molecule has 2 atom stereocenters. The molecule has 1 nitrogen and oxygen atoms in total. The summed E-state index contributed by atoms with van der Waals surface area (Å²) in [7, 11) is 0. The average molecular weight is 142 g/mol. The fourth-order valence-electron chi connectivity index (χ4n) is 0.888. The van der Waals surface area contributed by atoms with Crippen LogP contribution in [0.15, 0.2) is 11.6 Å². The lowest BCUT2D eigenvalue weighted by Gasteiger charge is -2.14. The molecule has 1 N–H and O–H groups in total. The largest absolute Gasteiger partial charge is 0.393 e. The molecule has 0 rings (SSSR count). The van der Waals surface area contributed by atoms with Gasteiger partial charge in [0.25, 0.3) is 0 Å². The molecule has 10 heavy (non-hydrogen) atoms. The summed E-state index contributed by atoms with van der Waals surface area (Å²) in [5, 5.41) is 9.18. The minimum atomic E-state index is -0.220. The minimum Gasteiger partial charge on any atom is -0.393 e. The quantitative estimate of drug-likeness (QED) is 0.600. The highest BCUT2D eigenvalue weighted by Crippen LogP contribution is 2.13. The molecule has 0 amide bonds. The molecule has 0 aromatic heterocycles. The number of allylic oxidation sites excluding steroid dienone is 1. The molecule has 0 heterocycles. The van der Waals surface area contributed by atoms with Crippen molar-refractivity contribution in [2.45, 2.75) is 40.2 Å². The lowest BCUT2D eigenvalue weighted by Crippen LogP contribution is -2.13. The Morgan fingerprint density at radius 1 is 1.50 bits per heavy atom. The third-order valence-corrected chi connectivity index (χ3v) is 1.97. The molecule has 0 spiro atoms. The van der Waals surface area contributed by atoms with Gasteiger partial charge in [0, 0.05) is 5.92 Å². The van der Waals surface area contributed by atoms with Crippen LogP contribution in [0, 0.1) is 5.92 Å². The van der Waals surface area contributed by atoms with E-state index < -0.39 is 0 Å². The van der Waals surface area contributed by atoms with Crippen molar-refractivity contribution < 1.29 is 5.11 Å². The molecule has 0 radical (unpaired) electrons. The molecule has 0 aromatic carbocycles. The Balaban J connectivity index is 3.93. The zero-order chi connectivity index (χ0) is 8.15. The van der Waals surface area contributed by atoms with Gasteiger partial charge in [-0.05, 0) is 20.3 Å². The van der Waals surface area contributed by atoms with Crippen molar-refractivity contribution in [3.8, 4) is 0 Å². The number of hydrogen-bond acceptors (Lipinski definition) is 1. The van der Waals surface area contributed by atoms with Gasteiger partial charge < -0.3 is 5.11 Å². The third kappa shape index (κ3) is 3.02. The van der Waals surface area contributed by atoms with Crippen molar-refractivity contribution in [2.24, 2.45) is 5.92 Å². The van der Waals surface area contributed by atoms with Crippen LogP contribution in [0.4, 0.5) is 0 Å². The molecule has 0 bridgehead atoms. The Morgan fingerprint density at radius 3 is 2.30 bits per heavy atom. The Morgan fingerprint density at radius 2 is 2.00 bits per heavy atom. The van der Waals surface area contributed by atoms with E-state index in [9.17, 15) is 5.11 Å². The Labute approximate surface area is 63.8 Å². The van der Waals surface area contributed by atoms with Gasteiger partial charge in [-0.15, -0.1) is 0 Å². The summed E-state index contributed by atoms with van der Waals surface area (Å²) in [4.78, 5) is 0. The summed E-state index contributed by atoms with van der Waals surface area (Å²) in [6.45, 7) is 8.06. The summed E-state index contributed by atoms with van der Waals surface area (Å²) >= 11 is 0. The number of aliphatic hydroxyl groups excluding tert-OH is 1. The molecule has 0 aliphatic rings. The van der Waals surface area contributed by atoms with Crippen molar-refractivity contribution >= 4 is 0 Å². The van der Waals surface area contributed by atoms with Gasteiger partial charge in [0.1, 0.15) is 0 Å². The maximum absolute atomic E-state index is 9.18. The molecule has 0 aliphatic carbocycles. The predicted octanol–water partition coefficient (Wildman–Crippen LogP) is 2.36. The number of aliphatic hydroxyl groups is 1. The summed E-state index contributed by atoms with van der Waals surface area (Å²) in [6.07, 6.45) is 3.00. The molecule has 1 heteroatoms. The van der Waals surface area contributed by atoms with E-state index in [2.05, 4.69) is 19.9 Å². The fourth-order valence-corrected chi connectivity index (χ4v) is 0.888. The highest BCUT2D eigenvalue weighted by Gasteiger charge is 2.08. The monoisotopic (exact) mass is 142 g/mol. The van der Waals surface area contributed by atoms with E-state index in [1.54, 1.807) is 0 Å². The molecule has 60 valence electrons. The second-order valence-corrected chi connectivity index (χ2v) is 2.89. The zero-order valence-electron chi connectivity index (χ0n) is 7.39. The van der Waals surface area contributed by atoms with Crippen LogP contribution in [0.3, 0.4) is 0 Å². The van der Waals surface area contributed by atoms with Crippen LogP contribution < -0.4 is 0 Å². The predicted molar refractivity (Wildman–Crippen MR) is 44.9 cm³/mol. The van der Waals surface area contributed by atoms with E-state index in [1.165, 1.54) is 5.57 Å². The average Bonchev–Trinajstić information content (AvgIpc) is 1.87. The van der Waals surface area contributed by atoms with Crippen molar-refractivity contribution in [1.82, 2.24) is 0 Å². The van der Waals surface area contributed by atoms with Gasteiger partial charge >= 0.3 is 0 Å². The normalized spacial score (nSPS) is 18.7. The van der Waals surface area contributed by atoms with Crippen molar-refractivity contribution in [2.75, 3.05) is 0 Å². The van der Waals surface area contributed by atoms with Gasteiger partial charge in [-0.25, -0.2) is 0 Å². The summed E-state index contributed by atoms with van der Waals surface area (Å²) in [6, 6.07) is 0. The maximum atomic E-state index is 9.18. The lowest BCUT2D eigenvalue weighted by molar-refractivity contribution is 0.152. The molecule has 0 saturated carbocycles. The van der Waals surface area contributed by atoms with E-state index >= 15 is 0 Å². The van der Waals surface area contributed by atoms with Gasteiger partial charge in [-0.3, -0.25) is 0 Å². The van der Waals surface area contributed by atoms with Crippen molar-refractivity contribution in [3.63, 3.8) is 0 Å². The van der Waals surface area contributed by atoms with Crippen LogP contribution in [0.5, 0.6) is 0 Å². The van der Waals surface area contributed by atoms with Crippen molar-refractivity contribution in [3.05, 3.63) is 11.6 Å². The first-order valence-corrected chi connectivity index (χ1v) is 3.94. The first kappa shape index (κ1) is 9.70. The summed E-state index contributed by atoms with van der Waals surface area (Å²) in [5.41, 5.74) is 1.29. The highest BCUT2D eigenvalue weighted by atomic mass is 16.3. The Kier molecular flexibility index (Phi) is 4.37. The van der Waals surface area contributed by atoms with Crippen molar-refractivity contribution in [1.29, 1.82) is 0 Å². The smallest absolute Gasteiger partial charge is 0.0574 e. The summed E-state index contributed by atoms with van der Waals surface area (Å²) in [5.74, 6) is 0.306. The second kappa shape index (κ2) is 4.51. The van der Waals surface area contributed by atoms with Gasteiger partial charge in [0.05, 0.1) is 6.10 Å². The van der Waals surface area contributed by atoms with E-state index in [-0.39, 0.29) is 6.10 Å². The molecular formula is C9H18O. The molecule has 2 unspecified atom stereocenters. The lowest BCUT2D eigenvalue weighted by atomic mass is 9.97. The topological polar surface area (TPSA) is 20.2 Å². The van der Waals surface area contributed by atoms with Crippen LogP contribution in [0.1, 0.15) is 34.1 Å². The Bertz CT molecular complexity index is 114. The summed E-state index contributed by atoms with van der Waals surface area (Å²) < 4.78 is 0. The highest BCUT2D eigenvalue weighted by molar-refractivity contribution is 5.03. The van der Waals surface area contributed by atoms with Crippen LogP contribution in [0.2, 0.25) is 0 Å². The van der Waals surface area contributed by atoms with E-state index in [1.807, 2.05) is 13.8 Å². The first-order valence-electron chi connectivity index (χ1n) is 3.94. The van der Waals surface area contributed by atoms with Gasteiger partial charge in [-0.2, -0.15) is 0 Å². The molecule has 0 aliphatic heterocycles. The van der Waals surface area contributed by atoms with Gasteiger partial charge in [0.15, 0.2) is 0 Å². The van der Waals surface area contributed by atoms with E-state index in [4.69, 9.17) is 0 Å². The fraction of sp³-hybridized carbons (Fsp3) is 0.778. The Hall–Kier alpha value is -0.300. The molecule has 0 saturated heterocycles. The number of hydrogen-bond donors (Lipinski definition) is 1. The van der Waals surface area contributed by atoms with Gasteiger partial charge in [0.2, 0.25) is 0 Å². The molecule has 0 aromatic rings. The standard InChI is InChI=1S/C9H18O/c1-5-6-7(2)8(3)9(4)10/h6,8-10H,5H2,1-4H3/b7-6+. The van der Waals surface area contributed by atoms with Crippen LogP contribution in [0.25, 0.3) is 0 Å². The van der Waals surface area contributed by atoms with Crippen LogP contribution in [-0.4, -0.2) is 11.2 Å². The van der Waals surface area contributed by atoms with Gasteiger partial charge in [-0.1, -0.05) is 25.5 Å².